The topological polar surface area (TPSA) is 127 Å². The third kappa shape index (κ3) is 9.77. The predicted molar refractivity (Wildman–Crippen MR) is 158 cm³/mol. The number of benzene rings is 3. The lowest BCUT2D eigenvalue weighted by atomic mass is 10.1. The van der Waals surface area contributed by atoms with Crippen LogP contribution in [0.3, 0.4) is 0 Å². The number of hydrogen-bond acceptors (Lipinski definition) is 7. The molecule has 0 spiro atoms. The van der Waals surface area contributed by atoms with Crippen molar-refractivity contribution in [2.75, 3.05) is 32.2 Å². The van der Waals surface area contributed by atoms with Gasteiger partial charge in [-0.05, 0) is 79.6 Å². The molecule has 42 heavy (non-hydrogen) atoms. The van der Waals surface area contributed by atoms with E-state index < -0.39 is 11.7 Å². The summed E-state index contributed by atoms with van der Waals surface area (Å²) in [5.74, 6) is -0.117. The summed E-state index contributed by atoms with van der Waals surface area (Å²) in [7, 11) is 1.54. The smallest absolute Gasteiger partial charge is 0.262 e. The van der Waals surface area contributed by atoms with E-state index in [1.54, 1.807) is 49.6 Å². The Morgan fingerprint density at radius 2 is 1.74 bits per heavy atom. The summed E-state index contributed by atoms with van der Waals surface area (Å²) in [4.78, 5) is 36.8. The molecular formula is C31H33FN4O6. The van der Waals surface area contributed by atoms with Gasteiger partial charge in [-0.15, -0.1) is 6.58 Å². The van der Waals surface area contributed by atoms with Crippen molar-refractivity contribution in [1.82, 2.24) is 10.7 Å². The van der Waals surface area contributed by atoms with Crippen LogP contribution in [-0.2, 0) is 16.0 Å². The highest BCUT2D eigenvalue weighted by atomic mass is 19.1. The van der Waals surface area contributed by atoms with E-state index in [4.69, 9.17) is 14.2 Å². The molecule has 10 nitrogen and oxygen atoms in total. The van der Waals surface area contributed by atoms with Gasteiger partial charge >= 0.3 is 0 Å². The van der Waals surface area contributed by atoms with Gasteiger partial charge < -0.3 is 24.8 Å². The van der Waals surface area contributed by atoms with Crippen molar-refractivity contribution in [3.05, 3.63) is 95.8 Å². The molecule has 11 heteroatoms. The lowest BCUT2D eigenvalue weighted by Crippen LogP contribution is -2.29. The molecule has 0 atom stereocenters. The maximum absolute atomic E-state index is 13.1. The lowest BCUT2D eigenvalue weighted by Gasteiger charge is -2.16. The molecule has 220 valence electrons. The van der Waals surface area contributed by atoms with Gasteiger partial charge in [0.1, 0.15) is 11.6 Å². The summed E-state index contributed by atoms with van der Waals surface area (Å²) in [5.41, 5.74) is 4.64. The zero-order chi connectivity index (χ0) is 30.3. The molecule has 3 aromatic carbocycles. The van der Waals surface area contributed by atoms with Crippen LogP contribution in [0.25, 0.3) is 0 Å². The summed E-state index contributed by atoms with van der Waals surface area (Å²) in [6.45, 7) is 5.76. The molecule has 0 aliphatic carbocycles. The normalized spacial score (nSPS) is 10.5. The van der Waals surface area contributed by atoms with Crippen LogP contribution in [0.4, 0.5) is 10.1 Å². The summed E-state index contributed by atoms with van der Waals surface area (Å²) >= 11 is 0. The second-order valence-corrected chi connectivity index (χ2v) is 8.80. The first-order valence-corrected chi connectivity index (χ1v) is 13.2. The number of hydrogen-bond donors (Lipinski definition) is 3. The number of amides is 3. The van der Waals surface area contributed by atoms with Gasteiger partial charge in [0.15, 0.2) is 18.1 Å². The number of methoxy groups -OCH3 is 1. The molecule has 0 aliphatic heterocycles. The average Bonchev–Trinajstić information content (AvgIpc) is 2.98. The molecule has 3 N–H and O–H groups in total. The van der Waals surface area contributed by atoms with Crippen molar-refractivity contribution in [1.29, 1.82) is 0 Å². The molecule has 0 saturated carbocycles. The quantitative estimate of drug-likeness (QED) is 0.141. The van der Waals surface area contributed by atoms with E-state index in [2.05, 4.69) is 27.7 Å². The van der Waals surface area contributed by atoms with E-state index in [-0.39, 0.29) is 31.4 Å². The molecule has 3 rings (SSSR count). The fourth-order valence-electron chi connectivity index (χ4n) is 3.73. The minimum atomic E-state index is -0.429. The Labute approximate surface area is 243 Å². The number of allylic oxidation sites excluding steroid dienone is 1. The van der Waals surface area contributed by atoms with Gasteiger partial charge in [-0.2, -0.15) is 5.10 Å². The fraction of sp³-hybridized carbons (Fsp3) is 0.226. The fourth-order valence-corrected chi connectivity index (χ4v) is 3.73. The van der Waals surface area contributed by atoms with Crippen molar-refractivity contribution < 1.29 is 33.0 Å². The molecule has 0 fully saturated rings. The Kier molecular flexibility index (Phi) is 12.1. The Bertz CT molecular complexity index is 1410. The molecule has 3 aromatic rings. The summed E-state index contributed by atoms with van der Waals surface area (Å²) in [5, 5.41) is 9.34. The van der Waals surface area contributed by atoms with Crippen molar-refractivity contribution >= 4 is 29.6 Å². The molecule has 0 heterocycles. The number of hydrazone groups is 1. The van der Waals surface area contributed by atoms with E-state index in [0.29, 0.717) is 52.7 Å². The van der Waals surface area contributed by atoms with Gasteiger partial charge in [0.2, 0.25) is 5.91 Å². The maximum atomic E-state index is 13.1. The maximum Gasteiger partial charge on any atom is 0.262 e. The second kappa shape index (κ2) is 16.2. The van der Waals surface area contributed by atoms with E-state index in [1.807, 2.05) is 6.92 Å². The van der Waals surface area contributed by atoms with Crippen molar-refractivity contribution in [2.45, 2.75) is 19.8 Å². The summed E-state index contributed by atoms with van der Waals surface area (Å²) in [6.07, 6.45) is 3.57. The minimum absolute atomic E-state index is 0.0257. The monoisotopic (exact) mass is 576 g/mol. The van der Waals surface area contributed by atoms with Crippen molar-refractivity contribution in [3.63, 3.8) is 0 Å². The van der Waals surface area contributed by atoms with Crippen LogP contribution in [-0.4, -0.2) is 50.8 Å². The van der Waals surface area contributed by atoms with Gasteiger partial charge in [0.05, 0.1) is 19.9 Å². The Balaban J connectivity index is 1.57. The van der Waals surface area contributed by atoms with Crippen LogP contribution in [0.2, 0.25) is 0 Å². The van der Waals surface area contributed by atoms with Gasteiger partial charge in [-0.3, -0.25) is 14.4 Å². The number of anilines is 1. The molecule has 0 bridgehead atoms. The molecular weight excluding hydrogens is 543 g/mol. The molecule has 0 aliphatic rings. The first-order chi connectivity index (χ1) is 20.3. The molecule has 0 aromatic heterocycles. The number of ether oxygens (including phenoxy) is 3. The number of carbonyl (C=O) groups excluding carboxylic acids is 3. The van der Waals surface area contributed by atoms with Gasteiger partial charge in [0, 0.05) is 29.8 Å². The van der Waals surface area contributed by atoms with Gasteiger partial charge in [-0.25, -0.2) is 9.82 Å². The summed E-state index contributed by atoms with van der Waals surface area (Å²) in [6, 6.07) is 15.5. The number of rotatable bonds is 15. The molecule has 0 saturated heterocycles. The SMILES string of the molecule is C=CCc1cc(C=NNC(=O)CCNC(=O)c2ccc(OC)cc2)cc(OCC)c1OCC(=O)Nc1ccc(F)cc1. The van der Waals surface area contributed by atoms with Gasteiger partial charge in [0.25, 0.3) is 11.8 Å². The van der Waals surface area contributed by atoms with Crippen LogP contribution < -0.4 is 30.3 Å². The number of nitrogens with zero attached hydrogens (tertiary/aromatic N) is 1. The first kappa shape index (κ1) is 31.3. The highest BCUT2D eigenvalue weighted by Gasteiger charge is 2.15. The Morgan fingerprint density at radius 3 is 2.40 bits per heavy atom. The van der Waals surface area contributed by atoms with Crippen LogP contribution in [0, 0.1) is 5.82 Å². The minimum Gasteiger partial charge on any atom is -0.497 e. The zero-order valence-electron chi connectivity index (χ0n) is 23.4. The van der Waals surface area contributed by atoms with E-state index in [1.165, 1.54) is 30.5 Å². The number of carbonyl (C=O) groups is 3. The third-order valence-electron chi connectivity index (χ3n) is 5.69. The predicted octanol–water partition coefficient (Wildman–Crippen LogP) is 4.25. The van der Waals surface area contributed by atoms with Crippen molar-refractivity contribution in [3.8, 4) is 17.2 Å². The van der Waals surface area contributed by atoms with E-state index in [0.717, 1.165) is 0 Å². The second-order valence-electron chi connectivity index (χ2n) is 8.80. The molecule has 0 unspecified atom stereocenters. The number of halogens is 1. The highest BCUT2D eigenvalue weighted by Crippen LogP contribution is 2.33. The van der Waals surface area contributed by atoms with Crippen LogP contribution in [0.5, 0.6) is 17.2 Å². The summed E-state index contributed by atoms with van der Waals surface area (Å²) < 4.78 is 29.8. The molecule has 3 amide bonds. The van der Waals surface area contributed by atoms with E-state index >= 15 is 0 Å². The average molecular weight is 577 g/mol. The largest absolute Gasteiger partial charge is 0.497 e. The standard InChI is InChI=1S/C31H33FN4O6/c1-4-6-23-17-21(19-34-36-28(37)15-16-33-31(39)22-7-13-26(40-3)14-8-22)18-27(41-5-2)30(23)42-20-29(38)35-25-11-9-24(32)10-12-25/h4,7-14,17-19H,1,5-6,15-16,20H2,2-3H3,(H,33,39)(H,35,38)(H,36,37). The number of nitrogens with one attached hydrogen (secondary N) is 3. The van der Waals surface area contributed by atoms with Crippen molar-refractivity contribution in [2.24, 2.45) is 5.10 Å². The molecule has 0 radical (unpaired) electrons. The van der Waals surface area contributed by atoms with Crippen LogP contribution in [0.15, 0.2) is 78.4 Å². The van der Waals surface area contributed by atoms with E-state index in [9.17, 15) is 18.8 Å². The first-order valence-electron chi connectivity index (χ1n) is 13.2. The Morgan fingerprint density at radius 1 is 1.00 bits per heavy atom. The Hall–Kier alpha value is -5.19. The van der Waals surface area contributed by atoms with Gasteiger partial charge in [-0.1, -0.05) is 6.08 Å². The van der Waals surface area contributed by atoms with Crippen LogP contribution >= 0.6 is 0 Å². The zero-order valence-corrected chi connectivity index (χ0v) is 23.4. The third-order valence-corrected chi connectivity index (χ3v) is 5.69. The lowest BCUT2D eigenvalue weighted by molar-refractivity contribution is -0.121. The highest BCUT2D eigenvalue weighted by molar-refractivity contribution is 5.94. The van der Waals surface area contributed by atoms with Crippen LogP contribution in [0.1, 0.15) is 34.8 Å².